The van der Waals surface area contributed by atoms with Gasteiger partial charge in [0.2, 0.25) is 0 Å². The van der Waals surface area contributed by atoms with Gasteiger partial charge < -0.3 is 5.11 Å². The lowest BCUT2D eigenvalue weighted by atomic mass is 10.0. The molecule has 0 fully saturated rings. The van der Waals surface area contributed by atoms with E-state index in [1.54, 1.807) is 9.36 Å². The summed E-state index contributed by atoms with van der Waals surface area (Å²) < 4.78 is 3.49. The monoisotopic (exact) mass is 234 g/mol. The summed E-state index contributed by atoms with van der Waals surface area (Å²) in [7, 11) is 3.74. The molecule has 0 aliphatic rings. The molecule has 0 bridgehead atoms. The van der Waals surface area contributed by atoms with E-state index in [-0.39, 0.29) is 0 Å². The van der Waals surface area contributed by atoms with Gasteiger partial charge in [-0.15, -0.1) is 0 Å². The van der Waals surface area contributed by atoms with Crippen molar-refractivity contribution in [3.63, 3.8) is 0 Å². The Hall–Kier alpha value is -1.62. The topological polar surface area (TPSA) is 55.9 Å². The van der Waals surface area contributed by atoms with Crippen LogP contribution in [-0.2, 0) is 26.9 Å². The number of aliphatic hydroxyl groups is 1. The van der Waals surface area contributed by atoms with E-state index in [4.69, 9.17) is 0 Å². The Morgan fingerprint density at radius 1 is 1.29 bits per heavy atom. The number of nitrogens with zero attached hydrogens (tertiary/aromatic N) is 4. The van der Waals surface area contributed by atoms with Gasteiger partial charge in [0, 0.05) is 38.5 Å². The molecule has 92 valence electrons. The van der Waals surface area contributed by atoms with Crippen molar-refractivity contribution < 1.29 is 5.11 Å². The van der Waals surface area contributed by atoms with Crippen LogP contribution < -0.4 is 0 Å². The molecule has 0 spiro atoms. The quantitative estimate of drug-likeness (QED) is 0.858. The van der Waals surface area contributed by atoms with Crippen LogP contribution in [0.3, 0.4) is 0 Å². The molecular formula is C12H18N4O. The zero-order valence-corrected chi connectivity index (χ0v) is 10.5. The predicted octanol–water partition coefficient (Wildman–Crippen LogP) is 0.992. The fourth-order valence-electron chi connectivity index (χ4n) is 1.99. The number of rotatable bonds is 4. The average molecular weight is 234 g/mol. The second kappa shape index (κ2) is 4.71. The minimum absolute atomic E-state index is 0.527. The highest BCUT2D eigenvalue weighted by Crippen LogP contribution is 2.20. The molecule has 0 aliphatic carbocycles. The van der Waals surface area contributed by atoms with Crippen molar-refractivity contribution in [1.29, 1.82) is 0 Å². The Labute approximate surface area is 101 Å². The molecule has 2 heterocycles. The smallest absolute Gasteiger partial charge is 0.0879 e. The third-order valence-corrected chi connectivity index (χ3v) is 2.80. The van der Waals surface area contributed by atoms with Crippen molar-refractivity contribution in [3.05, 3.63) is 35.4 Å². The van der Waals surface area contributed by atoms with Crippen molar-refractivity contribution >= 4 is 0 Å². The minimum atomic E-state index is -0.534. The van der Waals surface area contributed by atoms with Crippen LogP contribution in [0.15, 0.2) is 18.5 Å². The van der Waals surface area contributed by atoms with Gasteiger partial charge in [-0.05, 0) is 12.5 Å². The van der Waals surface area contributed by atoms with Crippen LogP contribution in [0.5, 0.6) is 0 Å². The molecule has 0 aromatic carbocycles. The van der Waals surface area contributed by atoms with E-state index in [1.807, 2.05) is 39.5 Å². The Bertz CT molecular complexity index is 500. The van der Waals surface area contributed by atoms with Crippen molar-refractivity contribution in [1.82, 2.24) is 19.6 Å². The van der Waals surface area contributed by atoms with E-state index in [2.05, 4.69) is 10.2 Å². The second-order valence-corrected chi connectivity index (χ2v) is 4.26. The van der Waals surface area contributed by atoms with E-state index in [0.717, 1.165) is 23.4 Å². The third kappa shape index (κ3) is 2.55. The summed E-state index contributed by atoms with van der Waals surface area (Å²) in [5.74, 6) is 0. The van der Waals surface area contributed by atoms with Crippen LogP contribution in [0, 0.1) is 0 Å². The SMILES string of the molecule is CCc1nn(C)cc1C(O)Cc1ccn(C)n1. The number of hydrogen-bond donors (Lipinski definition) is 1. The van der Waals surface area contributed by atoms with Crippen LogP contribution in [0.1, 0.15) is 30.0 Å². The van der Waals surface area contributed by atoms with E-state index in [0.29, 0.717) is 6.42 Å². The summed E-state index contributed by atoms with van der Waals surface area (Å²) in [6.07, 6.45) is 4.58. The molecule has 2 aromatic heterocycles. The fourth-order valence-corrected chi connectivity index (χ4v) is 1.99. The van der Waals surface area contributed by atoms with Gasteiger partial charge in [-0.1, -0.05) is 6.92 Å². The van der Waals surface area contributed by atoms with Gasteiger partial charge in [-0.3, -0.25) is 9.36 Å². The molecule has 1 atom stereocenters. The van der Waals surface area contributed by atoms with Crippen molar-refractivity contribution in [3.8, 4) is 0 Å². The van der Waals surface area contributed by atoms with Gasteiger partial charge in [-0.2, -0.15) is 10.2 Å². The summed E-state index contributed by atoms with van der Waals surface area (Å²) in [5, 5.41) is 18.8. The number of aryl methyl sites for hydroxylation is 3. The predicted molar refractivity (Wildman–Crippen MR) is 64.5 cm³/mol. The Balaban J connectivity index is 2.16. The molecule has 17 heavy (non-hydrogen) atoms. The van der Waals surface area contributed by atoms with E-state index in [1.165, 1.54) is 0 Å². The van der Waals surface area contributed by atoms with Gasteiger partial charge in [0.1, 0.15) is 0 Å². The van der Waals surface area contributed by atoms with Crippen molar-refractivity contribution in [2.24, 2.45) is 14.1 Å². The summed E-state index contributed by atoms with van der Waals surface area (Å²) in [6, 6.07) is 1.92. The van der Waals surface area contributed by atoms with Crippen LogP contribution in [0.2, 0.25) is 0 Å². The van der Waals surface area contributed by atoms with Crippen molar-refractivity contribution in [2.45, 2.75) is 25.9 Å². The first kappa shape index (κ1) is 11.9. The molecule has 0 aliphatic heterocycles. The Kier molecular flexibility index (Phi) is 3.28. The van der Waals surface area contributed by atoms with Gasteiger partial charge in [-0.25, -0.2) is 0 Å². The summed E-state index contributed by atoms with van der Waals surface area (Å²) in [6.45, 7) is 2.04. The molecule has 0 saturated carbocycles. The van der Waals surface area contributed by atoms with Gasteiger partial charge in [0.05, 0.1) is 17.5 Å². The first-order chi connectivity index (χ1) is 8.10. The lowest BCUT2D eigenvalue weighted by Gasteiger charge is -2.08. The zero-order chi connectivity index (χ0) is 12.4. The summed E-state index contributed by atoms with van der Waals surface area (Å²) >= 11 is 0. The maximum atomic E-state index is 10.2. The van der Waals surface area contributed by atoms with E-state index in [9.17, 15) is 5.11 Å². The Morgan fingerprint density at radius 2 is 2.06 bits per heavy atom. The number of aromatic nitrogens is 4. The number of aliphatic hydroxyl groups excluding tert-OH is 1. The van der Waals surface area contributed by atoms with Crippen LogP contribution in [-0.4, -0.2) is 24.7 Å². The van der Waals surface area contributed by atoms with Crippen molar-refractivity contribution in [2.75, 3.05) is 0 Å². The average Bonchev–Trinajstić information content (AvgIpc) is 2.84. The summed E-state index contributed by atoms with van der Waals surface area (Å²) in [4.78, 5) is 0. The Morgan fingerprint density at radius 3 is 2.65 bits per heavy atom. The molecular weight excluding hydrogens is 216 g/mol. The van der Waals surface area contributed by atoms with Gasteiger partial charge in [0.25, 0.3) is 0 Å². The van der Waals surface area contributed by atoms with E-state index < -0.39 is 6.10 Å². The molecule has 0 saturated heterocycles. The largest absolute Gasteiger partial charge is 0.388 e. The highest BCUT2D eigenvalue weighted by atomic mass is 16.3. The van der Waals surface area contributed by atoms with Gasteiger partial charge >= 0.3 is 0 Å². The standard InChI is InChI=1S/C12H18N4O/c1-4-11-10(8-16(3)14-11)12(17)7-9-5-6-15(2)13-9/h5-6,8,12,17H,4,7H2,1-3H3. The zero-order valence-electron chi connectivity index (χ0n) is 10.5. The van der Waals surface area contributed by atoms with E-state index >= 15 is 0 Å². The normalized spacial score (nSPS) is 12.9. The maximum absolute atomic E-state index is 10.2. The van der Waals surface area contributed by atoms with Crippen LogP contribution >= 0.6 is 0 Å². The molecule has 5 heteroatoms. The molecule has 0 radical (unpaired) electrons. The first-order valence-corrected chi connectivity index (χ1v) is 5.79. The second-order valence-electron chi connectivity index (χ2n) is 4.26. The lowest BCUT2D eigenvalue weighted by molar-refractivity contribution is 0.176. The number of hydrogen-bond acceptors (Lipinski definition) is 3. The minimum Gasteiger partial charge on any atom is -0.388 e. The lowest BCUT2D eigenvalue weighted by Crippen LogP contribution is -2.04. The third-order valence-electron chi connectivity index (χ3n) is 2.80. The highest BCUT2D eigenvalue weighted by Gasteiger charge is 2.16. The molecule has 1 N–H and O–H groups in total. The molecule has 1 unspecified atom stereocenters. The first-order valence-electron chi connectivity index (χ1n) is 5.79. The molecule has 2 rings (SSSR count). The molecule has 0 amide bonds. The van der Waals surface area contributed by atoms with Gasteiger partial charge in [0.15, 0.2) is 0 Å². The van der Waals surface area contributed by atoms with Crippen LogP contribution in [0.25, 0.3) is 0 Å². The molecule has 2 aromatic rings. The highest BCUT2D eigenvalue weighted by molar-refractivity contribution is 5.21. The maximum Gasteiger partial charge on any atom is 0.0879 e. The molecule has 5 nitrogen and oxygen atoms in total. The fraction of sp³-hybridized carbons (Fsp3) is 0.500. The summed E-state index contributed by atoms with van der Waals surface area (Å²) in [5.41, 5.74) is 2.75. The van der Waals surface area contributed by atoms with Crippen LogP contribution in [0.4, 0.5) is 0 Å².